The third-order valence-corrected chi connectivity index (χ3v) is 2.88. The molecule has 1 saturated heterocycles. The van der Waals surface area contributed by atoms with Crippen molar-refractivity contribution in [2.24, 2.45) is 0 Å². The molecule has 18 heavy (non-hydrogen) atoms. The summed E-state index contributed by atoms with van der Waals surface area (Å²) in [5.41, 5.74) is 0. The molecule has 0 spiro atoms. The third kappa shape index (κ3) is 3.38. The van der Waals surface area contributed by atoms with Crippen LogP contribution < -0.4 is 0 Å². The molecular formula is C12H20O6. The average molecular weight is 260 g/mol. The first-order chi connectivity index (χ1) is 8.52. The lowest BCUT2D eigenvalue weighted by Crippen LogP contribution is -2.61. The first-order valence-corrected chi connectivity index (χ1v) is 5.81. The second-order valence-corrected chi connectivity index (χ2v) is 4.19. The molecule has 1 heterocycles. The van der Waals surface area contributed by atoms with Crippen molar-refractivity contribution in [1.82, 2.24) is 0 Å². The van der Waals surface area contributed by atoms with Crippen molar-refractivity contribution in [2.75, 3.05) is 6.61 Å². The van der Waals surface area contributed by atoms with Crippen LogP contribution in [0.4, 0.5) is 0 Å². The monoisotopic (exact) mass is 260 g/mol. The zero-order valence-corrected chi connectivity index (χ0v) is 10.1. The lowest BCUT2D eigenvalue weighted by Gasteiger charge is -2.41. The first-order valence-electron chi connectivity index (χ1n) is 5.81. The standard InChI is InChI=1S/C12H20O6/c1-2-3-4-5-7(14)12-11(17)10(16)9(15)8(6-13)18-12/h2-5,7-17H,6H2,1H3/t7?,8-,9-,10+,11-,12-/m1/s1. The smallest absolute Gasteiger partial charge is 0.116 e. The van der Waals surface area contributed by atoms with Gasteiger partial charge in [-0.05, 0) is 6.92 Å². The number of hydrogen-bond donors (Lipinski definition) is 5. The molecule has 0 aromatic rings. The molecule has 6 atom stereocenters. The highest BCUT2D eigenvalue weighted by atomic mass is 16.6. The summed E-state index contributed by atoms with van der Waals surface area (Å²) in [5, 5.41) is 47.6. The Bertz CT molecular complexity index is 301. The second kappa shape index (κ2) is 6.98. The van der Waals surface area contributed by atoms with Crippen LogP contribution in [0.25, 0.3) is 0 Å². The van der Waals surface area contributed by atoms with E-state index >= 15 is 0 Å². The summed E-state index contributed by atoms with van der Waals surface area (Å²) in [6, 6.07) is 0. The predicted octanol–water partition coefficient (Wildman–Crippen LogP) is -1.68. The van der Waals surface area contributed by atoms with Crippen LogP contribution in [-0.4, -0.2) is 68.8 Å². The summed E-state index contributed by atoms with van der Waals surface area (Å²) in [5.74, 6) is 0. The van der Waals surface area contributed by atoms with Crippen molar-refractivity contribution in [2.45, 2.75) is 43.5 Å². The molecule has 0 aromatic heterocycles. The average Bonchev–Trinajstić information content (AvgIpc) is 2.36. The lowest BCUT2D eigenvalue weighted by atomic mass is 9.92. The number of hydrogen-bond acceptors (Lipinski definition) is 6. The molecule has 1 rings (SSSR count). The van der Waals surface area contributed by atoms with Gasteiger partial charge in [0.1, 0.15) is 36.6 Å². The normalized spacial score (nSPS) is 39.6. The molecule has 0 saturated carbocycles. The first kappa shape index (κ1) is 15.3. The quantitative estimate of drug-likeness (QED) is 0.386. The van der Waals surface area contributed by atoms with Gasteiger partial charge in [0, 0.05) is 0 Å². The van der Waals surface area contributed by atoms with Gasteiger partial charge in [-0.25, -0.2) is 0 Å². The molecule has 0 aliphatic carbocycles. The van der Waals surface area contributed by atoms with Gasteiger partial charge >= 0.3 is 0 Å². The van der Waals surface area contributed by atoms with Crippen molar-refractivity contribution >= 4 is 0 Å². The Kier molecular flexibility index (Phi) is 5.94. The Balaban J connectivity index is 2.74. The Labute approximate surface area is 105 Å². The molecular weight excluding hydrogens is 240 g/mol. The Hall–Kier alpha value is -0.760. The van der Waals surface area contributed by atoms with Crippen LogP contribution >= 0.6 is 0 Å². The van der Waals surface area contributed by atoms with E-state index in [-0.39, 0.29) is 0 Å². The van der Waals surface area contributed by atoms with Gasteiger partial charge in [0.15, 0.2) is 0 Å². The number of allylic oxidation sites excluding steroid dienone is 3. The van der Waals surface area contributed by atoms with Crippen molar-refractivity contribution in [3.05, 3.63) is 24.3 Å². The molecule has 6 nitrogen and oxygen atoms in total. The summed E-state index contributed by atoms with van der Waals surface area (Å²) in [7, 11) is 0. The maximum absolute atomic E-state index is 9.81. The van der Waals surface area contributed by atoms with Crippen LogP contribution in [0, 0.1) is 0 Å². The van der Waals surface area contributed by atoms with E-state index in [1.165, 1.54) is 6.08 Å². The number of aliphatic hydroxyl groups excluding tert-OH is 5. The Morgan fingerprint density at radius 1 is 1.11 bits per heavy atom. The van der Waals surface area contributed by atoms with Crippen LogP contribution in [0.3, 0.4) is 0 Å². The molecule has 1 fully saturated rings. The fraction of sp³-hybridized carbons (Fsp3) is 0.667. The van der Waals surface area contributed by atoms with Gasteiger partial charge in [0.05, 0.1) is 6.61 Å². The van der Waals surface area contributed by atoms with E-state index in [4.69, 9.17) is 9.84 Å². The van der Waals surface area contributed by atoms with E-state index in [1.54, 1.807) is 18.2 Å². The van der Waals surface area contributed by atoms with Gasteiger partial charge in [-0.3, -0.25) is 0 Å². The number of aliphatic hydroxyl groups is 5. The minimum Gasteiger partial charge on any atom is -0.394 e. The molecule has 1 unspecified atom stereocenters. The molecule has 104 valence electrons. The molecule has 0 bridgehead atoms. The van der Waals surface area contributed by atoms with E-state index in [9.17, 15) is 20.4 Å². The van der Waals surface area contributed by atoms with Gasteiger partial charge in [0.25, 0.3) is 0 Å². The van der Waals surface area contributed by atoms with Gasteiger partial charge in [-0.1, -0.05) is 24.3 Å². The van der Waals surface area contributed by atoms with Crippen LogP contribution in [0.1, 0.15) is 6.92 Å². The van der Waals surface area contributed by atoms with Crippen LogP contribution in [0.15, 0.2) is 24.3 Å². The molecule has 1 aliphatic heterocycles. The van der Waals surface area contributed by atoms with E-state index in [0.717, 1.165) is 0 Å². The zero-order chi connectivity index (χ0) is 13.7. The van der Waals surface area contributed by atoms with Crippen molar-refractivity contribution in [3.63, 3.8) is 0 Å². The van der Waals surface area contributed by atoms with E-state index in [1.807, 2.05) is 6.92 Å². The Morgan fingerprint density at radius 3 is 2.33 bits per heavy atom. The highest BCUT2D eigenvalue weighted by Gasteiger charge is 2.45. The maximum Gasteiger partial charge on any atom is 0.116 e. The minimum absolute atomic E-state index is 0.507. The minimum atomic E-state index is -1.47. The van der Waals surface area contributed by atoms with Gasteiger partial charge < -0.3 is 30.3 Å². The van der Waals surface area contributed by atoms with Crippen molar-refractivity contribution in [1.29, 1.82) is 0 Å². The molecule has 0 aromatic carbocycles. The summed E-state index contributed by atoms with van der Waals surface area (Å²) in [6.07, 6.45) is -1.12. The van der Waals surface area contributed by atoms with Gasteiger partial charge in [-0.2, -0.15) is 0 Å². The molecule has 0 amide bonds. The molecule has 6 heteroatoms. The zero-order valence-electron chi connectivity index (χ0n) is 10.1. The fourth-order valence-corrected chi connectivity index (χ4v) is 1.81. The SMILES string of the molecule is CC=CC=CC(O)[C@H]1O[C@H](CO)[C@@H](O)[C@H](O)[C@H]1O. The maximum atomic E-state index is 9.81. The van der Waals surface area contributed by atoms with Crippen molar-refractivity contribution < 1.29 is 30.3 Å². The van der Waals surface area contributed by atoms with Crippen LogP contribution in [-0.2, 0) is 4.74 Å². The highest BCUT2D eigenvalue weighted by molar-refractivity contribution is 5.07. The molecule has 5 N–H and O–H groups in total. The van der Waals surface area contributed by atoms with E-state index in [0.29, 0.717) is 0 Å². The van der Waals surface area contributed by atoms with Crippen LogP contribution in [0.5, 0.6) is 0 Å². The number of rotatable bonds is 4. The fourth-order valence-electron chi connectivity index (χ4n) is 1.81. The topological polar surface area (TPSA) is 110 Å². The van der Waals surface area contributed by atoms with Gasteiger partial charge in [-0.15, -0.1) is 0 Å². The Morgan fingerprint density at radius 2 is 1.78 bits per heavy atom. The second-order valence-electron chi connectivity index (χ2n) is 4.19. The summed E-state index contributed by atoms with van der Waals surface area (Å²) >= 11 is 0. The molecule has 0 radical (unpaired) electrons. The van der Waals surface area contributed by atoms with E-state index < -0.39 is 43.2 Å². The lowest BCUT2D eigenvalue weighted by molar-refractivity contribution is -0.243. The summed E-state index contributed by atoms with van der Waals surface area (Å²) in [6.45, 7) is 1.30. The summed E-state index contributed by atoms with van der Waals surface area (Å²) < 4.78 is 5.19. The van der Waals surface area contributed by atoms with Gasteiger partial charge in [0.2, 0.25) is 0 Å². The van der Waals surface area contributed by atoms with Crippen molar-refractivity contribution in [3.8, 4) is 0 Å². The summed E-state index contributed by atoms with van der Waals surface area (Å²) in [4.78, 5) is 0. The third-order valence-electron chi connectivity index (χ3n) is 2.88. The van der Waals surface area contributed by atoms with Crippen LogP contribution in [0.2, 0.25) is 0 Å². The largest absolute Gasteiger partial charge is 0.394 e. The highest BCUT2D eigenvalue weighted by Crippen LogP contribution is 2.23. The predicted molar refractivity (Wildman–Crippen MR) is 63.7 cm³/mol. The molecule has 1 aliphatic rings. The number of ether oxygens (including phenoxy) is 1. The van der Waals surface area contributed by atoms with E-state index in [2.05, 4.69) is 0 Å².